The van der Waals surface area contributed by atoms with Crippen LogP contribution in [0.25, 0.3) is 0 Å². The first-order valence-electron chi connectivity index (χ1n) is 7.99. The third-order valence-electron chi connectivity index (χ3n) is 4.41. The van der Waals surface area contributed by atoms with Crippen molar-refractivity contribution in [2.24, 2.45) is 0 Å². The molecule has 7 heteroatoms. The summed E-state index contributed by atoms with van der Waals surface area (Å²) >= 11 is 0. The summed E-state index contributed by atoms with van der Waals surface area (Å²) in [6.07, 6.45) is 2.33. The molecule has 0 amide bonds. The molecule has 0 saturated carbocycles. The number of methoxy groups -OCH3 is 1. The van der Waals surface area contributed by atoms with Crippen LogP contribution in [0.5, 0.6) is 5.75 Å². The topological polar surface area (TPSA) is 54.0 Å². The van der Waals surface area contributed by atoms with E-state index in [0.29, 0.717) is 12.8 Å². The van der Waals surface area contributed by atoms with E-state index in [1.165, 1.54) is 19.2 Å². The first kappa shape index (κ1) is 17.1. The van der Waals surface area contributed by atoms with E-state index in [1.54, 1.807) is 12.1 Å². The van der Waals surface area contributed by atoms with E-state index in [0.717, 1.165) is 12.8 Å². The number of rotatable bonds is 6. The van der Waals surface area contributed by atoms with Crippen molar-refractivity contribution in [2.45, 2.75) is 56.7 Å². The van der Waals surface area contributed by atoms with Crippen LogP contribution in [-0.2, 0) is 19.0 Å². The maximum absolute atomic E-state index is 12.6. The van der Waals surface area contributed by atoms with Gasteiger partial charge in [0.15, 0.2) is 6.10 Å². The van der Waals surface area contributed by atoms with Gasteiger partial charge in [-0.1, -0.05) is 18.2 Å². The molecule has 2 aliphatic heterocycles. The molecule has 4 atom stereocenters. The molecule has 24 heavy (non-hydrogen) atoms. The minimum absolute atomic E-state index is 0.0852. The number of esters is 1. The van der Waals surface area contributed by atoms with E-state index in [4.69, 9.17) is 14.2 Å². The van der Waals surface area contributed by atoms with E-state index >= 15 is 0 Å². The fourth-order valence-corrected chi connectivity index (χ4v) is 3.38. The van der Waals surface area contributed by atoms with Gasteiger partial charge in [-0.2, -0.15) is 8.78 Å². The minimum atomic E-state index is -2.98. The number of carbonyl (C=O) groups excluding carboxylic acids is 1. The third kappa shape index (κ3) is 3.84. The van der Waals surface area contributed by atoms with Crippen molar-refractivity contribution in [3.05, 3.63) is 29.8 Å². The second-order valence-corrected chi connectivity index (χ2v) is 6.01. The summed E-state index contributed by atoms with van der Waals surface area (Å²) in [5, 5.41) is 0. The van der Waals surface area contributed by atoms with Crippen LogP contribution in [-0.4, -0.2) is 38.0 Å². The normalized spacial score (nSPS) is 27.1. The number of alkyl halides is 2. The zero-order valence-electron chi connectivity index (χ0n) is 13.3. The Morgan fingerprint density at radius 1 is 1.21 bits per heavy atom. The fourth-order valence-electron chi connectivity index (χ4n) is 3.38. The van der Waals surface area contributed by atoms with Crippen molar-refractivity contribution < 1.29 is 32.5 Å². The molecule has 2 heterocycles. The molecule has 1 aromatic rings. The Balaban J connectivity index is 1.80. The molecule has 0 N–H and O–H groups in total. The molecule has 2 aliphatic rings. The smallest absolute Gasteiger partial charge is 0.387 e. The maximum atomic E-state index is 12.6. The molecule has 1 aromatic carbocycles. The molecule has 5 nitrogen and oxygen atoms in total. The molecule has 3 rings (SSSR count). The number of carbonyl (C=O) groups is 1. The van der Waals surface area contributed by atoms with E-state index < -0.39 is 18.7 Å². The summed E-state index contributed by atoms with van der Waals surface area (Å²) in [4.78, 5) is 12.2. The summed E-state index contributed by atoms with van der Waals surface area (Å²) in [7, 11) is 1.24. The number of benzene rings is 1. The van der Waals surface area contributed by atoms with Crippen LogP contribution in [0.1, 0.15) is 37.4 Å². The number of ether oxygens (including phenoxy) is 4. The second-order valence-electron chi connectivity index (χ2n) is 6.01. The number of hydrogen-bond donors (Lipinski definition) is 0. The molecule has 0 radical (unpaired) electrons. The van der Waals surface area contributed by atoms with E-state index in [9.17, 15) is 13.6 Å². The first-order valence-corrected chi connectivity index (χ1v) is 7.99. The van der Waals surface area contributed by atoms with E-state index in [-0.39, 0.29) is 29.6 Å². The van der Waals surface area contributed by atoms with Gasteiger partial charge in [0.05, 0.1) is 25.4 Å². The van der Waals surface area contributed by atoms with Crippen LogP contribution in [0.4, 0.5) is 8.78 Å². The molecular formula is C17H20F2O5. The zero-order chi connectivity index (χ0) is 17.1. The molecule has 2 fully saturated rings. The van der Waals surface area contributed by atoms with Gasteiger partial charge in [-0.05, 0) is 31.7 Å². The number of halogens is 2. The predicted octanol–water partition coefficient (Wildman–Crippen LogP) is 3.23. The van der Waals surface area contributed by atoms with Gasteiger partial charge in [-0.25, -0.2) is 4.79 Å². The molecule has 0 aliphatic carbocycles. The summed E-state index contributed by atoms with van der Waals surface area (Å²) in [6.45, 7) is -2.98. The number of fused-ring (bicyclic) bond motifs is 2. The quantitative estimate of drug-likeness (QED) is 0.743. The summed E-state index contributed by atoms with van der Waals surface area (Å²) < 4.78 is 46.3. The van der Waals surface area contributed by atoms with Crippen LogP contribution in [0, 0.1) is 0 Å². The van der Waals surface area contributed by atoms with Gasteiger partial charge in [-0.15, -0.1) is 0 Å². The largest absolute Gasteiger partial charge is 0.467 e. The first-order chi connectivity index (χ1) is 11.6. The Kier molecular flexibility index (Phi) is 5.30. The Hall–Kier alpha value is -1.73. The Morgan fingerprint density at radius 3 is 2.50 bits per heavy atom. The second kappa shape index (κ2) is 7.44. The van der Waals surface area contributed by atoms with Crippen LogP contribution in [0.3, 0.4) is 0 Å². The monoisotopic (exact) mass is 342 g/mol. The van der Waals surface area contributed by atoms with Crippen LogP contribution in [0.2, 0.25) is 0 Å². The molecule has 0 aromatic heterocycles. The molecule has 0 spiro atoms. The van der Waals surface area contributed by atoms with Crippen LogP contribution >= 0.6 is 0 Å². The summed E-state index contributed by atoms with van der Waals surface area (Å²) in [5.41, 5.74) is 0.239. The highest BCUT2D eigenvalue weighted by Crippen LogP contribution is 2.38. The highest BCUT2D eigenvalue weighted by atomic mass is 19.3. The Labute approximate surface area is 138 Å². The molecule has 2 saturated heterocycles. The zero-order valence-corrected chi connectivity index (χ0v) is 13.3. The molecule has 132 valence electrons. The van der Waals surface area contributed by atoms with Crippen molar-refractivity contribution in [1.82, 2.24) is 0 Å². The van der Waals surface area contributed by atoms with Crippen LogP contribution < -0.4 is 4.74 Å². The highest BCUT2D eigenvalue weighted by molar-refractivity contribution is 5.77. The number of para-hydroxylation sites is 1. The molecule has 2 bridgehead atoms. The highest BCUT2D eigenvalue weighted by Gasteiger charge is 2.38. The van der Waals surface area contributed by atoms with Gasteiger partial charge < -0.3 is 18.9 Å². The van der Waals surface area contributed by atoms with Crippen molar-refractivity contribution >= 4 is 5.97 Å². The average Bonchev–Trinajstić information content (AvgIpc) is 2.91. The SMILES string of the molecule is COC(=O)[C@H](O[C@@H]1C[C@H]2CC[C@@H](C1)O2)c1ccccc1OC(F)F. The van der Waals surface area contributed by atoms with Crippen molar-refractivity contribution in [1.29, 1.82) is 0 Å². The van der Waals surface area contributed by atoms with E-state index in [2.05, 4.69) is 4.74 Å². The van der Waals surface area contributed by atoms with Crippen molar-refractivity contribution in [3.63, 3.8) is 0 Å². The predicted molar refractivity (Wildman–Crippen MR) is 79.8 cm³/mol. The standard InChI is InChI=1S/C17H20F2O5/c1-21-16(20)15(13-4-2-3-5-14(13)24-17(18)19)23-12-8-10-6-7-11(9-12)22-10/h2-5,10-12,15,17H,6-9H2,1H3/t10-,11+,12-,15-/m1/s1. The fraction of sp³-hybridized carbons (Fsp3) is 0.588. The van der Waals surface area contributed by atoms with Gasteiger partial charge >= 0.3 is 12.6 Å². The lowest BCUT2D eigenvalue weighted by molar-refractivity contribution is -0.166. The van der Waals surface area contributed by atoms with Crippen molar-refractivity contribution in [3.8, 4) is 5.75 Å². The lowest BCUT2D eigenvalue weighted by Crippen LogP contribution is -2.33. The van der Waals surface area contributed by atoms with Gasteiger partial charge in [0.25, 0.3) is 0 Å². The maximum Gasteiger partial charge on any atom is 0.387 e. The average molecular weight is 342 g/mol. The molecule has 0 unspecified atom stereocenters. The van der Waals surface area contributed by atoms with Crippen LogP contribution in [0.15, 0.2) is 24.3 Å². The lowest BCUT2D eigenvalue weighted by Gasteiger charge is -2.31. The summed E-state index contributed by atoms with van der Waals surface area (Å²) in [5.74, 6) is -0.725. The summed E-state index contributed by atoms with van der Waals surface area (Å²) in [6, 6.07) is 6.12. The minimum Gasteiger partial charge on any atom is -0.467 e. The number of hydrogen-bond acceptors (Lipinski definition) is 5. The Bertz CT molecular complexity index is 568. The van der Waals surface area contributed by atoms with Crippen molar-refractivity contribution in [2.75, 3.05) is 7.11 Å². The lowest BCUT2D eigenvalue weighted by atomic mass is 10.0. The van der Waals surface area contributed by atoms with Gasteiger partial charge in [-0.3, -0.25) is 0 Å². The third-order valence-corrected chi connectivity index (χ3v) is 4.41. The van der Waals surface area contributed by atoms with Gasteiger partial charge in [0.1, 0.15) is 5.75 Å². The molecular weight excluding hydrogens is 322 g/mol. The van der Waals surface area contributed by atoms with E-state index in [1.807, 2.05) is 0 Å². The van der Waals surface area contributed by atoms with Gasteiger partial charge in [0.2, 0.25) is 0 Å². The van der Waals surface area contributed by atoms with Gasteiger partial charge in [0, 0.05) is 5.56 Å². The Morgan fingerprint density at radius 2 is 1.88 bits per heavy atom.